The zero-order chi connectivity index (χ0) is 12.5. The first-order chi connectivity index (χ1) is 8.76. The number of nitrogens with two attached hydrogens (primary N) is 1. The average molecular weight is 248 g/mol. The third kappa shape index (κ3) is 2.41. The lowest BCUT2D eigenvalue weighted by Crippen LogP contribution is -2.30. The van der Waals surface area contributed by atoms with Crippen molar-refractivity contribution in [2.24, 2.45) is 0 Å². The van der Waals surface area contributed by atoms with E-state index in [-0.39, 0.29) is 6.10 Å². The predicted molar refractivity (Wildman–Crippen MR) is 70.5 cm³/mol. The van der Waals surface area contributed by atoms with Crippen LogP contribution in [0.15, 0.2) is 6.07 Å². The van der Waals surface area contributed by atoms with Gasteiger partial charge in [-0.15, -0.1) is 0 Å². The van der Waals surface area contributed by atoms with E-state index in [0.29, 0.717) is 17.8 Å². The summed E-state index contributed by atoms with van der Waals surface area (Å²) < 4.78 is 5.48. The van der Waals surface area contributed by atoms with E-state index in [1.807, 2.05) is 6.07 Å². The van der Waals surface area contributed by atoms with Gasteiger partial charge in [-0.3, -0.25) is 0 Å². The Morgan fingerprint density at radius 1 is 1.28 bits per heavy atom. The Hall–Kier alpha value is -1.36. The summed E-state index contributed by atoms with van der Waals surface area (Å²) in [7, 11) is 1.77. The van der Waals surface area contributed by atoms with Crippen LogP contribution in [0.25, 0.3) is 0 Å². The van der Waals surface area contributed by atoms with Crippen molar-refractivity contribution in [2.75, 3.05) is 18.2 Å². The Bertz CT molecular complexity index is 433. The molecule has 5 nitrogen and oxygen atoms in total. The van der Waals surface area contributed by atoms with Crippen molar-refractivity contribution < 1.29 is 4.74 Å². The maximum Gasteiger partial charge on any atom is 0.136 e. The zero-order valence-corrected chi connectivity index (χ0v) is 10.7. The van der Waals surface area contributed by atoms with Gasteiger partial charge in [0.1, 0.15) is 17.5 Å². The highest BCUT2D eigenvalue weighted by atomic mass is 16.5. The van der Waals surface area contributed by atoms with Crippen molar-refractivity contribution in [1.82, 2.24) is 9.97 Å². The van der Waals surface area contributed by atoms with Gasteiger partial charge in [-0.05, 0) is 32.1 Å². The van der Waals surface area contributed by atoms with Crippen LogP contribution >= 0.6 is 0 Å². The number of nitrogen functional groups attached to an aromatic ring is 1. The summed E-state index contributed by atoms with van der Waals surface area (Å²) in [4.78, 5) is 8.88. The Morgan fingerprint density at radius 2 is 2.11 bits per heavy atom. The molecule has 98 valence electrons. The molecule has 3 rings (SSSR count). The molecule has 0 radical (unpaired) electrons. The summed E-state index contributed by atoms with van der Waals surface area (Å²) >= 11 is 0. The number of hydrogen-bond donors (Lipinski definition) is 2. The fourth-order valence-corrected chi connectivity index (χ4v) is 2.65. The molecule has 0 bridgehead atoms. The van der Waals surface area contributed by atoms with Crippen molar-refractivity contribution in [3.8, 4) is 0 Å². The molecule has 2 aliphatic carbocycles. The van der Waals surface area contributed by atoms with Crippen molar-refractivity contribution in [3.05, 3.63) is 11.9 Å². The molecule has 1 aromatic rings. The number of anilines is 2. The molecule has 0 spiro atoms. The molecule has 1 heterocycles. The van der Waals surface area contributed by atoms with Crippen LogP contribution < -0.4 is 11.1 Å². The third-order valence-electron chi connectivity index (χ3n) is 3.79. The predicted octanol–water partition coefficient (Wildman–Crippen LogP) is 1.92. The lowest BCUT2D eigenvalue weighted by Gasteiger charge is -2.20. The molecule has 2 aliphatic rings. The number of nitrogens with one attached hydrogen (secondary N) is 1. The lowest BCUT2D eigenvalue weighted by atomic mass is 10.2. The van der Waals surface area contributed by atoms with Crippen LogP contribution in [0.5, 0.6) is 0 Å². The van der Waals surface area contributed by atoms with Gasteiger partial charge in [-0.25, -0.2) is 9.97 Å². The summed E-state index contributed by atoms with van der Waals surface area (Å²) in [5.74, 6) is 2.82. The molecular weight excluding hydrogens is 228 g/mol. The second kappa shape index (κ2) is 4.72. The minimum Gasteiger partial charge on any atom is -0.384 e. The van der Waals surface area contributed by atoms with Gasteiger partial charge in [-0.1, -0.05) is 0 Å². The van der Waals surface area contributed by atoms with E-state index < -0.39 is 0 Å². The van der Waals surface area contributed by atoms with Crippen LogP contribution in [0.1, 0.15) is 43.8 Å². The number of ether oxygens (including phenoxy) is 1. The summed E-state index contributed by atoms with van der Waals surface area (Å²) in [6.07, 6.45) is 6.10. The monoisotopic (exact) mass is 248 g/mol. The van der Waals surface area contributed by atoms with Crippen molar-refractivity contribution in [2.45, 2.75) is 50.2 Å². The van der Waals surface area contributed by atoms with Crippen LogP contribution in [-0.2, 0) is 4.74 Å². The van der Waals surface area contributed by atoms with Crippen LogP contribution in [-0.4, -0.2) is 29.2 Å². The summed E-state index contributed by atoms with van der Waals surface area (Å²) in [6, 6.07) is 2.16. The third-order valence-corrected chi connectivity index (χ3v) is 3.79. The van der Waals surface area contributed by atoms with Crippen LogP contribution in [0.3, 0.4) is 0 Å². The smallest absolute Gasteiger partial charge is 0.136 e. The molecule has 1 aromatic heterocycles. The summed E-state index contributed by atoms with van der Waals surface area (Å²) in [6.45, 7) is 0. The Kier molecular flexibility index (Phi) is 3.07. The standard InChI is InChI=1S/C13H20N4O/c1-18-10-4-2-3-9(10)15-12-7-11(14)16-13(17-12)8-5-6-8/h7-10H,2-6H2,1H3,(H3,14,15,16,17). The topological polar surface area (TPSA) is 73.1 Å². The van der Waals surface area contributed by atoms with Gasteiger partial charge >= 0.3 is 0 Å². The highest BCUT2D eigenvalue weighted by Crippen LogP contribution is 2.38. The van der Waals surface area contributed by atoms with Gasteiger partial charge in [0.2, 0.25) is 0 Å². The SMILES string of the molecule is COC1CCCC1Nc1cc(N)nc(C2CC2)n1. The molecule has 5 heteroatoms. The molecule has 0 aromatic carbocycles. The molecular formula is C13H20N4O. The van der Waals surface area contributed by atoms with E-state index in [1.165, 1.54) is 19.3 Å². The van der Waals surface area contributed by atoms with Crippen molar-refractivity contribution in [3.63, 3.8) is 0 Å². The van der Waals surface area contributed by atoms with E-state index in [1.54, 1.807) is 7.11 Å². The first kappa shape index (κ1) is 11.7. The van der Waals surface area contributed by atoms with Gasteiger partial charge in [-0.2, -0.15) is 0 Å². The number of nitrogens with zero attached hydrogens (tertiary/aromatic N) is 2. The van der Waals surface area contributed by atoms with Crippen molar-refractivity contribution in [1.29, 1.82) is 0 Å². The Morgan fingerprint density at radius 3 is 2.83 bits per heavy atom. The first-order valence-electron chi connectivity index (χ1n) is 6.70. The highest BCUT2D eigenvalue weighted by Gasteiger charge is 2.29. The van der Waals surface area contributed by atoms with Gasteiger partial charge in [0.25, 0.3) is 0 Å². The molecule has 2 unspecified atom stereocenters. The van der Waals surface area contributed by atoms with Crippen molar-refractivity contribution >= 4 is 11.6 Å². The van der Waals surface area contributed by atoms with E-state index >= 15 is 0 Å². The molecule has 0 amide bonds. The normalized spacial score (nSPS) is 27.4. The quantitative estimate of drug-likeness (QED) is 0.851. The molecule has 3 N–H and O–H groups in total. The van der Waals surface area contributed by atoms with Crippen LogP contribution in [0.4, 0.5) is 11.6 Å². The van der Waals surface area contributed by atoms with Gasteiger partial charge in [0, 0.05) is 19.1 Å². The molecule has 2 atom stereocenters. The number of rotatable bonds is 4. The highest BCUT2D eigenvalue weighted by molar-refractivity contribution is 5.46. The fraction of sp³-hybridized carbons (Fsp3) is 0.692. The average Bonchev–Trinajstić information content (AvgIpc) is 3.10. The van der Waals surface area contributed by atoms with E-state index in [9.17, 15) is 0 Å². The maximum absolute atomic E-state index is 5.84. The fourth-order valence-electron chi connectivity index (χ4n) is 2.65. The molecule has 0 saturated heterocycles. The number of methoxy groups -OCH3 is 1. The molecule has 2 saturated carbocycles. The van der Waals surface area contributed by atoms with Gasteiger partial charge < -0.3 is 15.8 Å². The second-order valence-electron chi connectivity index (χ2n) is 5.27. The van der Waals surface area contributed by atoms with Crippen LogP contribution in [0, 0.1) is 0 Å². The Labute approximate surface area is 107 Å². The molecule has 0 aliphatic heterocycles. The van der Waals surface area contributed by atoms with Crippen LogP contribution in [0.2, 0.25) is 0 Å². The van der Waals surface area contributed by atoms with Gasteiger partial charge in [0.05, 0.1) is 12.1 Å². The first-order valence-corrected chi connectivity index (χ1v) is 6.70. The largest absolute Gasteiger partial charge is 0.384 e. The second-order valence-corrected chi connectivity index (χ2v) is 5.27. The van der Waals surface area contributed by atoms with E-state index in [4.69, 9.17) is 10.5 Å². The zero-order valence-electron chi connectivity index (χ0n) is 10.7. The lowest BCUT2D eigenvalue weighted by molar-refractivity contribution is 0.101. The minimum absolute atomic E-state index is 0.283. The number of aromatic nitrogens is 2. The molecule has 18 heavy (non-hydrogen) atoms. The Balaban J connectivity index is 1.75. The van der Waals surface area contributed by atoms with Gasteiger partial charge in [0.15, 0.2) is 0 Å². The minimum atomic E-state index is 0.283. The molecule has 2 fully saturated rings. The summed E-state index contributed by atoms with van der Waals surface area (Å²) in [5, 5.41) is 3.45. The van der Waals surface area contributed by atoms with E-state index in [0.717, 1.165) is 24.5 Å². The van der Waals surface area contributed by atoms with E-state index in [2.05, 4.69) is 15.3 Å². The maximum atomic E-state index is 5.84. The summed E-state index contributed by atoms with van der Waals surface area (Å²) in [5.41, 5.74) is 5.84. The number of hydrogen-bond acceptors (Lipinski definition) is 5.